The molecule has 0 aliphatic rings. The van der Waals surface area contributed by atoms with Crippen LogP contribution >= 0.6 is 0 Å². The second kappa shape index (κ2) is 11.2. The van der Waals surface area contributed by atoms with Crippen molar-refractivity contribution in [2.75, 3.05) is 13.2 Å². The predicted octanol–water partition coefficient (Wildman–Crippen LogP) is 0.844. The maximum absolute atomic E-state index is 12.4. The summed E-state index contributed by atoms with van der Waals surface area (Å²) < 4.78 is 5.77. The number of nitrogens with one attached hydrogen (secondary N) is 2. The van der Waals surface area contributed by atoms with Crippen molar-refractivity contribution in [2.24, 2.45) is 5.92 Å². The molecule has 6 nitrogen and oxygen atoms in total. The molecule has 25 heavy (non-hydrogen) atoms. The fourth-order valence-electron chi connectivity index (χ4n) is 1.97. The number of carbonyl (C=O) groups excluding carboxylic acids is 2. The highest BCUT2D eigenvalue weighted by Gasteiger charge is 2.28. The molecule has 0 fully saturated rings. The fourth-order valence-corrected chi connectivity index (χ4v) is 1.97. The van der Waals surface area contributed by atoms with E-state index in [0.29, 0.717) is 6.61 Å². The molecule has 0 saturated heterocycles. The Hall–Kier alpha value is -2.36. The van der Waals surface area contributed by atoms with Crippen molar-refractivity contribution in [3.05, 3.63) is 35.9 Å². The van der Waals surface area contributed by atoms with Gasteiger partial charge >= 0.3 is 0 Å². The van der Waals surface area contributed by atoms with Crippen LogP contribution in [0.25, 0.3) is 0 Å². The highest BCUT2D eigenvalue weighted by atomic mass is 16.5. The molecule has 1 rings (SSSR count). The molecule has 0 heterocycles. The Labute approximate surface area is 149 Å². The number of hydrogen-bond acceptors (Lipinski definition) is 4. The quantitative estimate of drug-likeness (QED) is 0.609. The van der Waals surface area contributed by atoms with Gasteiger partial charge in [-0.2, -0.15) is 0 Å². The standard InChI is InChI=1S/C19H26N2O4/c1-14(2)18(23)21-17(19(24)20-11-7-8-12-22)15(3)25-13-16-9-5-4-6-10-16/h4-6,9-10,14-15,17,22H,11-13H2,1-3H3,(H,20,24)(H,21,23). The third kappa shape index (κ3) is 7.84. The topological polar surface area (TPSA) is 87.7 Å². The lowest BCUT2D eigenvalue weighted by Crippen LogP contribution is -2.54. The van der Waals surface area contributed by atoms with Crippen LogP contribution in [0.3, 0.4) is 0 Å². The van der Waals surface area contributed by atoms with Gasteiger partial charge < -0.3 is 20.5 Å². The first-order valence-corrected chi connectivity index (χ1v) is 8.26. The van der Waals surface area contributed by atoms with Crippen molar-refractivity contribution < 1.29 is 19.4 Å². The number of aliphatic hydroxyl groups is 1. The summed E-state index contributed by atoms with van der Waals surface area (Å²) in [7, 11) is 0. The largest absolute Gasteiger partial charge is 0.384 e. The number of rotatable bonds is 8. The number of carbonyl (C=O) groups is 2. The zero-order valence-electron chi connectivity index (χ0n) is 14.9. The van der Waals surface area contributed by atoms with E-state index in [-0.39, 0.29) is 30.9 Å². The molecule has 0 aromatic heterocycles. The summed E-state index contributed by atoms with van der Waals surface area (Å²) in [5.74, 6) is 4.21. The predicted molar refractivity (Wildman–Crippen MR) is 95.3 cm³/mol. The second-order valence-corrected chi connectivity index (χ2v) is 5.87. The van der Waals surface area contributed by atoms with Crippen LogP contribution in [0.4, 0.5) is 0 Å². The van der Waals surface area contributed by atoms with E-state index >= 15 is 0 Å². The van der Waals surface area contributed by atoms with Gasteiger partial charge in [-0.1, -0.05) is 56.0 Å². The second-order valence-electron chi connectivity index (χ2n) is 5.87. The Morgan fingerprint density at radius 2 is 1.80 bits per heavy atom. The van der Waals surface area contributed by atoms with Gasteiger partial charge in [0.05, 0.1) is 19.3 Å². The first-order chi connectivity index (χ1) is 12.0. The van der Waals surface area contributed by atoms with E-state index in [1.165, 1.54) is 0 Å². The summed E-state index contributed by atoms with van der Waals surface area (Å²) in [6.07, 6.45) is -0.520. The minimum Gasteiger partial charge on any atom is -0.384 e. The number of aliphatic hydroxyl groups excluding tert-OH is 1. The number of ether oxygens (including phenoxy) is 1. The number of hydrogen-bond donors (Lipinski definition) is 3. The van der Waals surface area contributed by atoms with Crippen LogP contribution in [0.5, 0.6) is 0 Å². The lowest BCUT2D eigenvalue weighted by Gasteiger charge is -2.25. The molecule has 1 aromatic rings. The van der Waals surface area contributed by atoms with Gasteiger partial charge in [-0.25, -0.2) is 0 Å². The van der Waals surface area contributed by atoms with Gasteiger partial charge in [-0.05, 0) is 12.5 Å². The van der Waals surface area contributed by atoms with E-state index in [1.54, 1.807) is 20.8 Å². The normalized spacial score (nSPS) is 12.7. The molecular weight excluding hydrogens is 320 g/mol. The molecule has 0 spiro atoms. The van der Waals surface area contributed by atoms with Crippen LogP contribution in [0.1, 0.15) is 26.3 Å². The summed E-state index contributed by atoms with van der Waals surface area (Å²) in [4.78, 5) is 24.4. The molecule has 1 aromatic carbocycles. The Balaban J connectivity index is 2.70. The first kappa shape index (κ1) is 20.7. The molecule has 136 valence electrons. The average molecular weight is 346 g/mol. The van der Waals surface area contributed by atoms with Crippen LogP contribution in [0.2, 0.25) is 0 Å². The molecule has 0 aliphatic carbocycles. The molecule has 0 aliphatic heterocycles. The van der Waals surface area contributed by atoms with Gasteiger partial charge in [0.1, 0.15) is 12.6 Å². The van der Waals surface area contributed by atoms with E-state index in [9.17, 15) is 9.59 Å². The van der Waals surface area contributed by atoms with Gasteiger partial charge in [0.25, 0.3) is 0 Å². The molecule has 0 radical (unpaired) electrons. The van der Waals surface area contributed by atoms with Crippen molar-refractivity contribution >= 4 is 11.8 Å². The smallest absolute Gasteiger partial charge is 0.246 e. The highest BCUT2D eigenvalue weighted by Crippen LogP contribution is 2.07. The van der Waals surface area contributed by atoms with Crippen LogP contribution in [0, 0.1) is 17.8 Å². The number of benzene rings is 1. The van der Waals surface area contributed by atoms with Crippen LogP contribution in [-0.4, -0.2) is 42.2 Å². The van der Waals surface area contributed by atoms with Gasteiger partial charge in [0.15, 0.2) is 0 Å². The summed E-state index contributed by atoms with van der Waals surface area (Å²) in [6, 6.07) is 8.77. The molecule has 2 unspecified atom stereocenters. The molecule has 0 saturated carbocycles. The Kier molecular flexibility index (Phi) is 9.30. The van der Waals surface area contributed by atoms with E-state index in [1.807, 2.05) is 30.3 Å². The lowest BCUT2D eigenvalue weighted by molar-refractivity contribution is -0.134. The summed E-state index contributed by atoms with van der Waals surface area (Å²) >= 11 is 0. The zero-order chi connectivity index (χ0) is 18.7. The minimum atomic E-state index is -0.825. The first-order valence-electron chi connectivity index (χ1n) is 8.26. The van der Waals surface area contributed by atoms with Crippen LogP contribution in [-0.2, 0) is 20.9 Å². The van der Waals surface area contributed by atoms with E-state index in [0.717, 1.165) is 5.56 Å². The van der Waals surface area contributed by atoms with E-state index < -0.39 is 12.1 Å². The molecule has 0 bridgehead atoms. The van der Waals surface area contributed by atoms with Crippen molar-refractivity contribution in [3.8, 4) is 11.8 Å². The Bertz CT molecular complexity index is 605. The number of amides is 2. The monoisotopic (exact) mass is 346 g/mol. The maximum Gasteiger partial charge on any atom is 0.246 e. The van der Waals surface area contributed by atoms with Crippen LogP contribution in [0.15, 0.2) is 30.3 Å². The SMILES string of the molecule is CC(C)C(=O)NC(C(=O)NCC#CCO)C(C)OCc1ccccc1. The Morgan fingerprint density at radius 3 is 2.40 bits per heavy atom. The fraction of sp³-hybridized carbons (Fsp3) is 0.474. The van der Waals surface area contributed by atoms with Crippen molar-refractivity contribution in [1.29, 1.82) is 0 Å². The molecular formula is C19H26N2O4. The average Bonchev–Trinajstić information content (AvgIpc) is 2.61. The molecule has 2 amide bonds. The lowest BCUT2D eigenvalue weighted by atomic mass is 10.1. The highest BCUT2D eigenvalue weighted by molar-refractivity contribution is 5.88. The van der Waals surface area contributed by atoms with Gasteiger partial charge in [0, 0.05) is 5.92 Å². The molecule has 3 N–H and O–H groups in total. The van der Waals surface area contributed by atoms with Gasteiger partial charge in [-0.3, -0.25) is 9.59 Å². The Morgan fingerprint density at radius 1 is 1.12 bits per heavy atom. The molecule has 6 heteroatoms. The van der Waals surface area contributed by atoms with Crippen molar-refractivity contribution in [2.45, 2.75) is 39.5 Å². The third-order valence-corrected chi connectivity index (χ3v) is 3.48. The van der Waals surface area contributed by atoms with E-state index in [4.69, 9.17) is 9.84 Å². The summed E-state index contributed by atoms with van der Waals surface area (Å²) in [6.45, 7) is 5.43. The third-order valence-electron chi connectivity index (χ3n) is 3.48. The van der Waals surface area contributed by atoms with Gasteiger partial charge in [-0.15, -0.1) is 0 Å². The zero-order valence-corrected chi connectivity index (χ0v) is 14.9. The van der Waals surface area contributed by atoms with E-state index in [2.05, 4.69) is 22.5 Å². The molecule has 2 atom stereocenters. The van der Waals surface area contributed by atoms with Gasteiger partial charge in [0.2, 0.25) is 11.8 Å². The maximum atomic E-state index is 12.4. The van der Waals surface area contributed by atoms with Crippen molar-refractivity contribution in [1.82, 2.24) is 10.6 Å². The van der Waals surface area contributed by atoms with Crippen LogP contribution < -0.4 is 10.6 Å². The minimum absolute atomic E-state index is 0.0961. The summed E-state index contributed by atoms with van der Waals surface area (Å²) in [5, 5.41) is 14.0. The summed E-state index contributed by atoms with van der Waals surface area (Å²) in [5.41, 5.74) is 0.984. The van der Waals surface area contributed by atoms with Crippen molar-refractivity contribution in [3.63, 3.8) is 0 Å².